The van der Waals surface area contributed by atoms with Gasteiger partial charge in [0.25, 0.3) is 0 Å². The summed E-state index contributed by atoms with van der Waals surface area (Å²) in [6.07, 6.45) is 0.487. The van der Waals surface area contributed by atoms with E-state index < -0.39 is 0 Å². The predicted molar refractivity (Wildman–Crippen MR) is 61.2 cm³/mol. The molecule has 1 atom stereocenters. The molecule has 1 heterocycles. The molecule has 0 radical (unpaired) electrons. The summed E-state index contributed by atoms with van der Waals surface area (Å²) in [6, 6.07) is 5.41. The van der Waals surface area contributed by atoms with Crippen molar-refractivity contribution in [1.82, 2.24) is 5.32 Å². The summed E-state index contributed by atoms with van der Waals surface area (Å²) in [7, 11) is 0. The summed E-state index contributed by atoms with van der Waals surface area (Å²) in [5.74, 6) is 0.175. The average molecular weight is 218 g/mol. The summed E-state index contributed by atoms with van der Waals surface area (Å²) in [6.45, 7) is 2.13. The highest BCUT2D eigenvalue weighted by molar-refractivity contribution is 5.99. The smallest absolute Gasteiger partial charge is 0.220 e. The normalized spacial score (nSPS) is 19.6. The molecular formula is C12H14N2O2. The molecule has 3 N–H and O–H groups in total. The highest BCUT2D eigenvalue weighted by Crippen LogP contribution is 2.26. The summed E-state index contributed by atoms with van der Waals surface area (Å²) in [5.41, 5.74) is 7.74. The number of benzene rings is 1. The minimum absolute atomic E-state index is 0.0448. The van der Waals surface area contributed by atoms with Crippen molar-refractivity contribution < 1.29 is 9.59 Å². The standard InChI is InChI=1S/C12H14N2O2/c1-7(15)10-4-8(2-3-11(10)13)9-5-12(16)14-6-9/h2-4,9H,5-6,13H2,1H3,(H,14,16)/t9-/m1/s1. The number of Topliss-reactive ketones (excluding diaryl/α,β-unsaturated/α-hetero) is 1. The van der Waals surface area contributed by atoms with Crippen molar-refractivity contribution in [3.63, 3.8) is 0 Å². The molecule has 0 spiro atoms. The highest BCUT2D eigenvalue weighted by atomic mass is 16.1. The highest BCUT2D eigenvalue weighted by Gasteiger charge is 2.23. The van der Waals surface area contributed by atoms with Gasteiger partial charge in [0.05, 0.1) is 0 Å². The number of amides is 1. The van der Waals surface area contributed by atoms with Crippen molar-refractivity contribution in [2.45, 2.75) is 19.3 Å². The van der Waals surface area contributed by atoms with Crippen LogP contribution in [0, 0.1) is 0 Å². The number of rotatable bonds is 2. The van der Waals surface area contributed by atoms with E-state index in [9.17, 15) is 9.59 Å². The number of nitrogens with one attached hydrogen (secondary N) is 1. The third-order valence-corrected chi connectivity index (χ3v) is 2.91. The zero-order chi connectivity index (χ0) is 11.7. The Kier molecular flexibility index (Phi) is 2.64. The van der Waals surface area contributed by atoms with Gasteiger partial charge in [-0.2, -0.15) is 0 Å². The van der Waals surface area contributed by atoms with Gasteiger partial charge in [0.15, 0.2) is 5.78 Å². The van der Waals surface area contributed by atoms with Crippen LogP contribution >= 0.6 is 0 Å². The molecule has 1 fully saturated rings. The number of hydrogen-bond donors (Lipinski definition) is 2. The van der Waals surface area contributed by atoms with Crippen molar-refractivity contribution in [3.05, 3.63) is 29.3 Å². The zero-order valence-electron chi connectivity index (χ0n) is 9.12. The Labute approximate surface area is 93.8 Å². The first-order chi connectivity index (χ1) is 7.58. The Hall–Kier alpha value is -1.84. The number of ketones is 1. The van der Waals surface area contributed by atoms with Crippen LogP contribution in [-0.4, -0.2) is 18.2 Å². The second-order valence-electron chi connectivity index (χ2n) is 4.11. The molecule has 4 heteroatoms. The second-order valence-corrected chi connectivity index (χ2v) is 4.11. The number of nitrogens with two attached hydrogens (primary N) is 1. The van der Waals surface area contributed by atoms with Gasteiger partial charge < -0.3 is 11.1 Å². The van der Waals surface area contributed by atoms with Crippen LogP contribution < -0.4 is 11.1 Å². The Bertz CT molecular complexity index is 454. The first-order valence-corrected chi connectivity index (χ1v) is 5.25. The molecule has 1 aliphatic rings. The maximum absolute atomic E-state index is 11.3. The molecular weight excluding hydrogens is 204 g/mol. The Morgan fingerprint density at radius 1 is 1.50 bits per heavy atom. The lowest BCUT2D eigenvalue weighted by atomic mass is 9.95. The molecule has 2 rings (SSSR count). The fourth-order valence-corrected chi connectivity index (χ4v) is 1.97. The number of carbonyl (C=O) groups excluding carboxylic acids is 2. The molecule has 0 bridgehead atoms. The van der Waals surface area contributed by atoms with Crippen LogP contribution in [0.4, 0.5) is 5.69 Å². The van der Waals surface area contributed by atoms with Gasteiger partial charge in [-0.1, -0.05) is 6.07 Å². The van der Waals surface area contributed by atoms with E-state index in [2.05, 4.69) is 5.32 Å². The number of anilines is 1. The predicted octanol–water partition coefficient (Wildman–Crippen LogP) is 1.07. The van der Waals surface area contributed by atoms with Crippen LogP contribution in [0.25, 0.3) is 0 Å². The van der Waals surface area contributed by atoms with Gasteiger partial charge >= 0.3 is 0 Å². The lowest BCUT2D eigenvalue weighted by molar-refractivity contribution is -0.119. The molecule has 1 amide bonds. The SMILES string of the molecule is CC(=O)c1cc([C@H]2CNC(=O)C2)ccc1N. The summed E-state index contributed by atoms with van der Waals surface area (Å²) in [5, 5.41) is 2.78. The Balaban J connectivity index is 2.32. The van der Waals surface area contributed by atoms with Crippen molar-refractivity contribution in [2.75, 3.05) is 12.3 Å². The van der Waals surface area contributed by atoms with Gasteiger partial charge in [-0.25, -0.2) is 0 Å². The fraction of sp³-hybridized carbons (Fsp3) is 0.333. The molecule has 1 aromatic rings. The minimum atomic E-state index is -0.0448. The molecule has 0 aliphatic carbocycles. The molecule has 0 saturated carbocycles. The quantitative estimate of drug-likeness (QED) is 0.576. The molecule has 1 aromatic carbocycles. The number of nitrogen functional groups attached to an aromatic ring is 1. The topological polar surface area (TPSA) is 72.2 Å². The van der Waals surface area contributed by atoms with E-state index >= 15 is 0 Å². The number of hydrogen-bond acceptors (Lipinski definition) is 3. The van der Waals surface area contributed by atoms with E-state index in [-0.39, 0.29) is 17.6 Å². The fourth-order valence-electron chi connectivity index (χ4n) is 1.97. The van der Waals surface area contributed by atoms with Crippen molar-refractivity contribution in [3.8, 4) is 0 Å². The largest absolute Gasteiger partial charge is 0.398 e. The van der Waals surface area contributed by atoms with E-state index in [1.54, 1.807) is 12.1 Å². The van der Waals surface area contributed by atoms with Gasteiger partial charge in [-0.15, -0.1) is 0 Å². The number of carbonyl (C=O) groups is 2. The molecule has 1 aliphatic heterocycles. The maximum Gasteiger partial charge on any atom is 0.220 e. The zero-order valence-corrected chi connectivity index (χ0v) is 9.12. The van der Waals surface area contributed by atoms with Gasteiger partial charge in [0, 0.05) is 30.1 Å². The molecule has 84 valence electrons. The minimum Gasteiger partial charge on any atom is -0.398 e. The van der Waals surface area contributed by atoms with Gasteiger partial charge in [0.2, 0.25) is 5.91 Å². The molecule has 16 heavy (non-hydrogen) atoms. The Morgan fingerprint density at radius 3 is 2.81 bits per heavy atom. The van der Waals surface area contributed by atoms with Crippen LogP contribution in [0.1, 0.15) is 35.2 Å². The van der Waals surface area contributed by atoms with E-state index in [1.807, 2.05) is 6.07 Å². The van der Waals surface area contributed by atoms with Crippen LogP contribution in [0.15, 0.2) is 18.2 Å². The lowest BCUT2D eigenvalue weighted by Crippen LogP contribution is -2.13. The van der Waals surface area contributed by atoms with E-state index in [0.717, 1.165) is 5.56 Å². The van der Waals surface area contributed by atoms with Gasteiger partial charge in [-0.05, 0) is 24.6 Å². The summed E-state index contributed by atoms with van der Waals surface area (Å²) in [4.78, 5) is 22.4. The van der Waals surface area contributed by atoms with Crippen LogP contribution in [0.5, 0.6) is 0 Å². The monoisotopic (exact) mass is 218 g/mol. The molecule has 0 unspecified atom stereocenters. The summed E-state index contributed by atoms with van der Waals surface area (Å²) >= 11 is 0. The van der Waals surface area contributed by atoms with Gasteiger partial charge in [-0.3, -0.25) is 9.59 Å². The second kappa shape index (κ2) is 3.96. The third kappa shape index (κ3) is 1.91. The van der Waals surface area contributed by atoms with Crippen LogP contribution in [-0.2, 0) is 4.79 Å². The lowest BCUT2D eigenvalue weighted by Gasteiger charge is -2.10. The third-order valence-electron chi connectivity index (χ3n) is 2.91. The van der Waals surface area contributed by atoms with E-state index in [1.165, 1.54) is 6.92 Å². The average Bonchev–Trinajstić information content (AvgIpc) is 2.65. The first kappa shape index (κ1) is 10.7. The maximum atomic E-state index is 11.3. The molecule has 4 nitrogen and oxygen atoms in total. The molecule has 0 aromatic heterocycles. The van der Waals surface area contributed by atoms with E-state index in [4.69, 9.17) is 5.73 Å². The Morgan fingerprint density at radius 2 is 2.25 bits per heavy atom. The van der Waals surface area contributed by atoms with Crippen molar-refractivity contribution >= 4 is 17.4 Å². The van der Waals surface area contributed by atoms with E-state index in [0.29, 0.717) is 24.2 Å². The van der Waals surface area contributed by atoms with Gasteiger partial charge in [0.1, 0.15) is 0 Å². The van der Waals surface area contributed by atoms with Crippen LogP contribution in [0.3, 0.4) is 0 Å². The van der Waals surface area contributed by atoms with Crippen molar-refractivity contribution in [2.24, 2.45) is 0 Å². The first-order valence-electron chi connectivity index (χ1n) is 5.25. The van der Waals surface area contributed by atoms with Crippen LogP contribution in [0.2, 0.25) is 0 Å². The van der Waals surface area contributed by atoms with Crippen molar-refractivity contribution in [1.29, 1.82) is 0 Å². The molecule has 1 saturated heterocycles. The summed E-state index contributed by atoms with van der Waals surface area (Å²) < 4.78 is 0.